The molecule has 1 aliphatic heterocycles. The lowest BCUT2D eigenvalue weighted by Gasteiger charge is -2.34. The summed E-state index contributed by atoms with van der Waals surface area (Å²) >= 11 is 6.47. The second kappa shape index (κ2) is 10.3. The first-order valence-electron chi connectivity index (χ1n) is 12.0. The van der Waals surface area contributed by atoms with Gasteiger partial charge in [-0.15, -0.1) is 0 Å². The van der Waals surface area contributed by atoms with E-state index in [-0.39, 0.29) is 22.1 Å². The van der Waals surface area contributed by atoms with Crippen molar-refractivity contribution in [3.8, 4) is 17.0 Å². The zero-order valence-electron chi connectivity index (χ0n) is 20.8. The summed E-state index contributed by atoms with van der Waals surface area (Å²) in [5, 5.41) is 3.78. The maximum absolute atomic E-state index is 14.0. The molecule has 38 heavy (non-hydrogen) atoms. The molecular formula is C27H25ClF3N5O2. The molecule has 3 heterocycles. The van der Waals surface area contributed by atoms with Gasteiger partial charge in [0.1, 0.15) is 10.8 Å². The minimum atomic E-state index is -4.76. The SMILES string of the molecule is COc1cccc(-c2cc(C(F)(F)F)n3nc(C(=O)N4CCN(Cc5cccc(C)c5)CC4)c(Cl)c3n2)c1. The fraction of sp³-hybridized carbons (Fsp3) is 0.296. The van der Waals surface area contributed by atoms with Gasteiger partial charge in [0.2, 0.25) is 0 Å². The first-order valence-corrected chi connectivity index (χ1v) is 12.4. The molecule has 1 aliphatic rings. The number of carbonyl (C=O) groups is 1. The fourth-order valence-corrected chi connectivity index (χ4v) is 4.83. The van der Waals surface area contributed by atoms with Gasteiger partial charge >= 0.3 is 6.18 Å². The second-order valence-corrected chi connectivity index (χ2v) is 9.59. The van der Waals surface area contributed by atoms with Crippen LogP contribution in [0, 0.1) is 6.92 Å². The molecule has 198 valence electrons. The highest BCUT2D eigenvalue weighted by Crippen LogP contribution is 2.35. The number of methoxy groups -OCH3 is 1. The molecule has 0 unspecified atom stereocenters. The van der Waals surface area contributed by atoms with E-state index < -0.39 is 17.8 Å². The highest BCUT2D eigenvalue weighted by molar-refractivity contribution is 6.36. The van der Waals surface area contributed by atoms with Crippen LogP contribution in [0.5, 0.6) is 5.75 Å². The Bertz CT molecular complexity index is 1500. The number of carbonyl (C=O) groups excluding carboxylic acids is 1. The summed E-state index contributed by atoms with van der Waals surface area (Å²) in [6, 6.07) is 15.7. The number of alkyl halides is 3. The topological polar surface area (TPSA) is 63.0 Å². The number of amides is 1. The summed E-state index contributed by atoms with van der Waals surface area (Å²) in [5.41, 5.74) is 1.25. The third kappa shape index (κ3) is 5.19. The second-order valence-electron chi connectivity index (χ2n) is 9.21. The summed E-state index contributed by atoms with van der Waals surface area (Å²) in [4.78, 5) is 21.5. The predicted molar refractivity (Wildman–Crippen MR) is 137 cm³/mol. The Hall–Kier alpha value is -3.63. The molecule has 0 spiro atoms. The van der Waals surface area contributed by atoms with E-state index in [4.69, 9.17) is 16.3 Å². The Morgan fingerprint density at radius 3 is 2.47 bits per heavy atom. The van der Waals surface area contributed by atoms with Gasteiger partial charge in [-0.05, 0) is 30.7 Å². The van der Waals surface area contributed by atoms with Crippen molar-refractivity contribution in [1.29, 1.82) is 0 Å². The number of halogens is 4. The maximum Gasteiger partial charge on any atom is 0.433 e. The van der Waals surface area contributed by atoms with E-state index >= 15 is 0 Å². The molecule has 0 N–H and O–H groups in total. The van der Waals surface area contributed by atoms with Gasteiger partial charge in [-0.25, -0.2) is 9.50 Å². The maximum atomic E-state index is 14.0. The Morgan fingerprint density at radius 2 is 1.79 bits per heavy atom. The van der Waals surface area contributed by atoms with E-state index in [1.54, 1.807) is 29.2 Å². The Labute approximate surface area is 222 Å². The number of rotatable bonds is 5. The van der Waals surface area contributed by atoms with Crippen LogP contribution < -0.4 is 4.74 Å². The molecule has 7 nitrogen and oxygen atoms in total. The van der Waals surface area contributed by atoms with E-state index in [0.717, 1.165) is 12.6 Å². The first-order chi connectivity index (χ1) is 18.1. The van der Waals surface area contributed by atoms with E-state index in [0.29, 0.717) is 42.0 Å². The lowest BCUT2D eigenvalue weighted by atomic mass is 10.1. The number of nitrogens with zero attached hydrogens (tertiary/aromatic N) is 5. The van der Waals surface area contributed by atoms with Crippen molar-refractivity contribution in [1.82, 2.24) is 24.4 Å². The average Bonchev–Trinajstić information content (AvgIpc) is 3.23. The summed E-state index contributed by atoms with van der Waals surface area (Å²) in [6.07, 6.45) is -4.76. The van der Waals surface area contributed by atoms with Crippen molar-refractivity contribution in [2.45, 2.75) is 19.6 Å². The molecule has 0 bridgehead atoms. The predicted octanol–water partition coefficient (Wildman–Crippen LogP) is 5.34. The van der Waals surface area contributed by atoms with Crippen molar-refractivity contribution in [3.05, 3.63) is 82.1 Å². The van der Waals surface area contributed by atoms with Crippen LogP contribution in [-0.4, -0.2) is 63.6 Å². The monoisotopic (exact) mass is 543 g/mol. The van der Waals surface area contributed by atoms with Crippen LogP contribution in [0.3, 0.4) is 0 Å². The van der Waals surface area contributed by atoms with Gasteiger partial charge in [-0.1, -0.05) is 53.6 Å². The van der Waals surface area contributed by atoms with Crippen LogP contribution in [0.25, 0.3) is 16.9 Å². The van der Waals surface area contributed by atoms with Crippen LogP contribution in [0.4, 0.5) is 13.2 Å². The Balaban J connectivity index is 1.42. The van der Waals surface area contributed by atoms with Gasteiger partial charge in [0.05, 0.1) is 12.8 Å². The third-order valence-corrected chi connectivity index (χ3v) is 6.89. The van der Waals surface area contributed by atoms with Crippen LogP contribution in [0.2, 0.25) is 5.02 Å². The molecule has 1 amide bonds. The molecule has 0 saturated carbocycles. The van der Waals surface area contributed by atoms with Gasteiger partial charge in [0.15, 0.2) is 17.0 Å². The molecule has 2 aromatic heterocycles. The van der Waals surface area contributed by atoms with Crippen LogP contribution in [0.15, 0.2) is 54.6 Å². The van der Waals surface area contributed by atoms with Gasteiger partial charge in [0.25, 0.3) is 5.91 Å². The van der Waals surface area contributed by atoms with E-state index in [9.17, 15) is 18.0 Å². The van der Waals surface area contributed by atoms with Crippen molar-refractivity contribution >= 4 is 23.2 Å². The van der Waals surface area contributed by atoms with Gasteiger partial charge < -0.3 is 9.64 Å². The smallest absolute Gasteiger partial charge is 0.433 e. The number of hydrogen-bond acceptors (Lipinski definition) is 5. The van der Waals surface area contributed by atoms with E-state index in [1.807, 2.05) is 19.1 Å². The molecule has 4 aromatic rings. The summed E-state index contributed by atoms with van der Waals surface area (Å²) in [7, 11) is 1.46. The van der Waals surface area contributed by atoms with Crippen molar-refractivity contribution in [2.24, 2.45) is 0 Å². The van der Waals surface area contributed by atoms with Crippen LogP contribution in [-0.2, 0) is 12.7 Å². The lowest BCUT2D eigenvalue weighted by Crippen LogP contribution is -2.48. The molecule has 0 radical (unpaired) electrons. The summed E-state index contributed by atoms with van der Waals surface area (Å²) < 4.78 is 47.9. The first kappa shape index (κ1) is 26.0. The largest absolute Gasteiger partial charge is 0.497 e. The minimum absolute atomic E-state index is 0.0364. The van der Waals surface area contributed by atoms with Crippen LogP contribution >= 0.6 is 11.6 Å². The Kier molecular flexibility index (Phi) is 7.02. The molecule has 2 aromatic carbocycles. The molecule has 1 saturated heterocycles. The zero-order chi connectivity index (χ0) is 27.0. The molecule has 0 aliphatic carbocycles. The van der Waals surface area contributed by atoms with E-state index in [2.05, 4.69) is 27.1 Å². The normalized spacial score (nSPS) is 14.7. The number of hydrogen-bond donors (Lipinski definition) is 0. The molecule has 11 heteroatoms. The molecule has 0 atom stereocenters. The number of aryl methyl sites for hydroxylation is 1. The number of aromatic nitrogens is 3. The fourth-order valence-electron chi connectivity index (χ4n) is 4.59. The number of piperazine rings is 1. The highest BCUT2D eigenvalue weighted by atomic mass is 35.5. The minimum Gasteiger partial charge on any atom is -0.497 e. The molecular weight excluding hydrogens is 519 g/mol. The van der Waals surface area contributed by atoms with Gasteiger partial charge in [-0.2, -0.15) is 18.3 Å². The quantitative estimate of drug-likeness (QED) is 0.340. The zero-order valence-corrected chi connectivity index (χ0v) is 21.6. The van der Waals surface area contributed by atoms with Gasteiger partial charge in [0, 0.05) is 38.3 Å². The van der Waals surface area contributed by atoms with Crippen molar-refractivity contribution < 1.29 is 22.7 Å². The third-order valence-electron chi connectivity index (χ3n) is 6.54. The lowest BCUT2D eigenvalue weighted by molar-refractivity contribution is -0.142. The van der Waals surface area contributed by atoms with Gasteiger partial charge in [-0.3, -0.25) is 9.69 Å². The van der Waals surface area contributed by atoms with Crippen LogP contribution in [0.1, 0.15) is 27.3 Å². The van der Waals surface area contributed by atoms with E-state index in [1.165, 1.54) is 18.2 Å². The number of fused-ring (bicyclic) bond motifs is 1. The average molecular weight is 544 g/mol. The van der Waals surface area contributed by atoms with Crippen molar-refractivity contribution in [2.75, 3.05) is 33.3 Å². The van der Waals surface area contributed by atoms with Crippen molar-refractivity contribution in [3.63, 3.8) is 0 Å². The number of ether oxygens (including phenoxy) is 1. The molecule has 5 rings (SSSR count). The molecule has 1 fully saturated rings. The number of benzene rings is 2. The summed E-state index contributed by atoms with van der Waals surface area (Å²) in [6.45, 7) is 4.85. The standard InChI is InChI=1S/C27H25ClF3N5O2/c1-17-5-3-6-18(13-17)16-34-9-11-35(12-10-34)26(37)24-23(28)25-32-21(19-7-4-8-20(14-19)38-2)15-22(27(29,30)31)36(25)33-24/h3-8,13-15H,9-12,16H2,1-2H3. The summed E-state index contributed by atoms with van der Waals surface area (Å²) in [5.74, 6) is -0.0542. The Morgan fingerprint density at radius 1 is 1.05 bits per heavy atom. The highest BCUT2D eigenvalue weighted by Gasteiger charge is 2.37.